The normalized spacial score (nSPS) is 10.4. The highest BCUT2D eigenvalue weighted by molar-refractivity contribution is 6.33. The lowest BCUT2D eigenvalue weighted by atomic mass is 10.1. The number of amides is 1. The first-order chi connectivity index (χ1) is 9.38. The van der Waals surface area contributed by atoms with Gasteiger partial charge in [-0.1, -0.05) is 11.6 Å². The molecular weight excluding hydrogens is 286 g/mol. The van der Waals surface area contributed by atoms with E-state index in [0.29, 0.717) is 0 Å². The molecule has 0 bridgehead atoms. The van der Waals surface area contributed by atoms with E-state index in [1.165, 1.54) is 25.1 Å². The van der Waals surface area contributed by atoms with Crippen LogP contribution in [0.2, 0.25) is 5.02 Å². The van der Waals surface area contributed by atoms with Crippen molar-refractivity contribution in [1.82, 2.24) is 0 Å². The molecule has 0 spiro atoms. The molecule has 3 N–H and O–H groups in total. The highest BCUT2D eigenvalue weighted by atomic mass is 35.5. The summed E-state index contributed by atoms with van der Waals surface area (Å²) in [6.07, 6.45) is 0. The van der Waals surface area contributed by atoms with Gasteiger partial charge in [-0.3, -0.25) is 4.79 Å². The number of nitrogen functional groups attached to an aromatic ring is 1. The van der Waals surface area contributed by atoms with Crippen molar-refractivity contribution in [2.24, 2.45) is 0 Å². The van der Waals surface area contributed by atoms with Gasteiger partial charge in [0.15, 0.2) is 0 Å². The molecule has 1 amide bonds. The maximum Gasteiger partial charge on any atom is 0.258 e. The Hall–Kier alpha value is -2.14. The second-order valence-corrected chi connectivity index (χ2v) is 4.68. The van der Waals surface area contributed by atoms with E-state index in [4.69, 9.17) is 17.3 Å². The van der Waals surface area contributed by atoms with Crippen molar-refractivity contribution in [2.45, 2.75) is 6.92 Å². The summed E-state index contributed by atoms with van der Waals surface area (Å²) in [4.78, 5) is 12.0. The zero-order valence-electron chi connectivity index (χ0n) is 10.5. The Bertz CT molecular complexity index is 689. The molecule has 104 valence electrons. The molecule has 0 aliphatic carbocycles. The van der Waals surface area contributed by atoms with E-state index in [0.717, 1.165) is 12.1 Å². The second-order valence-electron chi connectivity index (χ2n) is 4.28. The Labute approximate surface area is 119 Å². The number of benzene rings is 2. The number of aryl methyl sites for hydroxylation is 1. The van der Waals surface area contributed by atoms with Gasteiger partial charge in [-0.15, -0.1) is 0 Å². The SMILES string of the molecule is Cc1cc(N)cc(C(=O)Nc2ccc(F)cc2Cl)c1F. The molecular formula is C14H11ClF2N2O. The van der Waals surface area contributed by atoms with Crippen molar-refractivity contribution < 1.29 is 13.6 Å². The summed E-state index contributed by atoms with van der Waals surface area (Å²) in [6, 6.07) is 6.15. The third-order valence-corrected chi connectivity index (χ3v) is 3.01. The van der Waals surface area contributed by atoms with Gasteiger partial charge in [-0.25, -0.2) is 8.78 Å². The summed E-state index contributed by atoms with van der Waals surface area (Å²) < 4.78 is 26.8. The minimum Gasteiger partial charge on any atom is -0.399 e. The first kappa shape index (κ1) is 14.3. The number of anilines is 2. The zero-order valence-corrected chi connectivity index (χ0v) is 11.3. The average molecular weight is 297 g/mol. The molecule has 0 aromatic heterocycles. The van der Waals surface area contributed by atoms with Gasteiger partial charge in [-0.05, 0) is 42.8 Å². The number of halogens is 3. The fourth-order valence-electron chi connectivity index (χ4n) is 1.74. The van der Waals surface area contributed by atoms with Crippen LogP contribution in [0.1, 0.15) is 15.9 Å². The Morgan fingerprint density at radius 1 is 1.25 bits per heavy atom. The van der Waals surface area contributed by atoms with Gasteiger partial charge in [0.25, 0.3) is 5.91 Å². The third-order valence-electron chi connectivity index (χ3n) is 2.70. The maximum atomic E-state index is 13.9. The van der Waals surface area contributed by atoms with Crippen LogP contribution in [-0.2, 0) is 0 Å². The van der Waals surface area contributed by atoms with E-state index in [1.54, 1.807) is 0 Å². The fraction of sp³-hybridized carbons (Fsp3) is 0.0714. The number of hydrogen-bond donors (Lipinski definition) is 2. The molecule has 3 nitrogen and oxygen atoms in total. The van der Waals surface area contributed by atoms with Crippen molar-refractivity contribution in [3.63, 3.8) is 0 Å². The standard InChI is InChI=1S/C14H11ClF2N2O/c1-7-4-9(18)6-10(13(7)17)14(20)19-12-3-2-8(16)5-11(12)15/h2-6H,18H2,1H3,(H,19,20). The summed E-state index contributed by atoms with van der Waals surface area (Å²) in [5.41, 5.74) is 6.13. The summed E-state index contributed by atoms with van der Waals surface area (Å²) in [7, 11) is 0. The molecule has 6 heteroatoms. The lowest BCUT2D eigenvalue weighted by molar-refractivity contribution is 0.102. The molecule has 2 rings (SSSR count). The van der Waals surface area contributed by atoms with Crippen LogP contribution in [0.25, 0.3) is 0 Å². The van der Waals surface area contributed by atoms with Crippen LogP contribution in [0.15, 0.2) is 30.3 Å². The van der Waals surface area contributed by atoms with Crippen LogP contribution in [0.3, 0.4) is 0 Å². The van der Waals surface area contributed by atoms with Crippen LogP contribution >= 0.6 is 11.6 Å². The number of hydrogen-bond acceptors (Lipinski definition) is 2. The Morgan fingerprint density at radius 3 is 2.60 bits per heavy atom. The van der Waals surface area contributed by atoms with Gasteiger partial charge in [0, 0.05) is 5.69 Å². The van der Waals surface area contributed by atoms with E-state index < -0.39 is 17.5 Å². The zero-order chi connectivity index (χ0) is 14.9. The van der Waals surface area contributed by atoms with E-state index in [2.05, 4.69) is 5.32 Å². The fourth-order valence-corrected chi connectivity index (χ4v) is 1.96. The van der Waals surface area contributed by atoms with Crippen LogP contribution in [0, 0.1) is 18.6 Å². The van der Waals surface area contributed by atoms with Gasteiger partial charge in [0.05, 0.1) is 16.3 Å². The lowest BCUT2D eigenvalue weighted by Gasteiger charge is -2.10. The summed E-state index contributed by atoms with van der Waals surface area (Å²) in [5.74, 6) is -1.89. The van der Waals surface area contributed by atoms with Crippen LogP contribution in [0.5, 0.6) is 0 Å². The molecule has 0 fully saturated rings. The summed E-state index contributed by atoms with van der Waals surface area (Å²) in [5, 5.41) is 2.44. The topological polar surface area (TPSA) is 55.1 Å². The van der Waals surface area contributed by atoms with E-state index >= 15 is 0 Å². The van der Waals surface area contributed by atoms with Gasteiger partial charge in [-0.2, -0.15) is 0 Å². The summed E-state index contributed by atoms with van der Waals surface area (Å²) >= 11 is 5.79. The molecule has 0 unspecified atom stereocenters. The van der Waals surface area contributed by atoms with Crippen molar-refractivity contribution in [1.29, 1.82) is 0 Å². The molecule has 2 aromatic carbocycles. The monoisotopic (exact) mass is 296 g/mol. The molecule has 0 aliphatic heterocycles. The first-order valence-corrected chi connectivity index (χ1v) is 6.08. The van der Waals surface area contributed by atoms with Crippen LogP contribution < -0.4 is 11.1 Å². The first-order valence-electron chi connectivity index (χ1n) is 5.70. The summed E-state index contributed by atoms with van der Waals surface area (Å²) in [6.45, 7) is 1.51. The second kappa shape index (κ2) is 5.46. The highest BCUT2D eigenvalue weighted by Crippen LogP contribution is 2.24. The molecule has 0 heterocycles. The van der Waals surface area contributed by atoms with E-state index in [9.17, 15) is 13.6 Å². The minimum absolute atomic E-state index is 0.0272. The molecule has 0 radical (unpaired) electrons. The molecule has 2 aromatic rings. The number of carbonyl (C=O) groups excluding carboxylic acids is 1. The predicted octanol–water partition coefficient (Wildman–Crippen LogP) is 3.76. The van der Waals surface area contributed by atoms with Crippen LogP contribution in [-0.4, -0.2) is 5.91 Å². The van der Waals surface area contributed by atoms with Crippen molar-refractivity contribution in [3.8, 4) is 0 Å². The van der Waals surface area contributed by atoms with Gasteiger partial charge >= 0.3 is 0 Å². The highest BCUT2D eigenvalue weighted by Gasteiger charge is 2.16. The lowest BCUT2D eigenvalue weighted by Crippen LogP contribution is -2.15. The number of nitrogens with two attached hydrogens (primary N) is 1. The van der Waals surface area contributed by atoms with Crippen molar-refractivity contribution in [3.05, 3.63) is 58.1 Å². The average Bonchev–Trinajstić information content (AvgIpc) is 2.37. The molecule has 0 saturated carbocycles. The quantitative estimate of drug-likeness (QED) is 0.829. The molecule has 0 atom stereocenters. The smallest absolute Gasteiger partial charge is 0.258 e. The number of nitrogens with one attached hydrogen (secondary N) is 1. The van der Waals surface area contributed by atoms with E-state index in [1.807, 2.05) is 0 Å². The van der Waals surface area contributed by atoms with Crippen LogP contribution in [0.4, 0.5) is 20.2 Å². The Kier molecular flexibility index (Phi) is 3.90. The largest absolute Gasteiger partial charge is 0.399 e. The van der Waals surface area contributed by atoms with Crippen molar-refractivity contribution >= 4 is 28.9 Å². The molecule has 0 saturated heterocycles. The van der Waals surface area contributed by atoms with Gasteiger partial charge in [0.1, 0.15) is 11.6 Å². The molecule has 20 heavy (non-hydrogen) atoms. The Balaban J connectivity index is 2.33. The van der Waals surface area contributed by atoms with Gasteiger partial charge < -0.3 is 11.1 Å². The predicted molar refractivity (Wildman–Crippen MR) is 74.9 cm³/mol. The van der Waals surface area contributed by atoms with Crippen molar-refractivity contribution in [2.75, 3.05) is 11.1 Å². The van der Waals surface area contributed by atoms with Gasteiger partial charge in [0.2, 0.25) is 0 Å². The minimum atomic E-state index is -0.702. The Morgan fingerprint density at radius 2 is 1.95 bits per heavy atom. The third kappa shape index (κ3) is 2.88. The maximum absolute atomic E-state index is 13.9. The van der Waals surface area contributed by atoms with E-state index in [-0.39, 0.29) is 27.5 Å². The number of rotatable bonds is 2. The number of carbonyl (C=O) groups is 1. The molecule has 0 aliphatic rings.